The predicted molar refractivity (Wildman–Crippen MR) is 79.7 cm³/mol. The predicted octanol–water partition coefficient (Wildman–Crippen LogP) is 4.51. The van der Waals surface area contributed by atoms with Gasteiger partial charge in [-0.2, -0.15) is 0 Å². The van der Waals surface area contributed by atoms with Crippen LogP contribution in [-0.4, -0.2) is 0 Å². The van der Waals surface area contributed by atoms with Gasteiger partial charge in [-0.1, -0.05) is 42.8 Å². The first kappa shape index (κ1) is 13.6. The fourth-order valence-corrected chi connectivity index (χ4v) is 2.13. The summed E-state index contributed by atoms with van der Waals surface area (Å²) >= 11 is 0. The molecule has 100 valence electrons. The first-order chi connectivity index (χ1) is 9.11. The zero-order valence-electron chi connectivity index (χ0n) is 11.8. The fourth-order valence-electron chi connectivity index (χ4n) is 2.13. The van der Waals surface area contributed by atoms with Gasteiger partial charge >= 0.3 is 0 Å². The van der Waals surface area contributed by atoms with Gasteiger partial charge in [0.05, 0.1) is 0 Å². The van der Waals surface area contributed by atoms with E-state index < -0.39 is 0 Å². The van der Waals surface area contributed by atoms with E-state index in [4.69, 9.17) is 10.5 Å². The Morgan fingerprint density at radius 2 is 1.79 bits per heavy atom. The second kappa shape index (κ2) is 5.89. The molecule has 0 aliphatic carbocycles. The molecule has 2 nitrogen and oxygen atoms in total. The lowest BCUT2D eigenvalue weighted by Crippen LogP contribution is -2.09. The van der Waals surface area contributed by atoms with Crippen molar-refractivity contribution >= 4 is 0 Å². The zero-order chi connectivity index (χ0) is 13.8. The molecule has 0 saturated carbocycles. The Kier molecular flexibility index (Phi) is 4.23. The summed E-state index contributed by atoms with van der Waals surface area (Å²) in [5.41, 5.74) is 9.57. The number of nitrogens with two attached hydrogens (primary N) is 1. The molecule has 0 saturated heterocycles. The van der Waals surface area contributed by atoms with Crippen molar-refractivity contribution in [3.63, 3.8) is 0 Å². The average Bonchev–Trinajstić information content (AvgIpc) is 2.41. The van der Waals surface area contributed by atoms with E-state index in [2.05, 4.69) is 32.9 Å². The number of hydrogen-bond donors (Lipinski definition) is 1. The monoisotopic (exact) mass is 255 g/mol. The van der Waals surface area contributed by atoms with Gasteiger partial charge in [0.15, 0.2) is 0 Å². The van der Waals surface area contributed by atoms with Gasteiger partial charge in [0, 0.05) is 11.6 Å². The maximum Gasteiger partial charge on any atom is 0.132 e. The van der Waals surface area contributed by atoms with Crippen molar-refractivity contribution in [2.75, 3.05) is 0 Å². The number of rotatable bonds is 4. The maximum atomic E-state index is 6.13. The van der Waals surface area contributed by atoms with Crippen LogP contribution < -0.4 is 10.5 Å². The van der Waals surface area contributed by atoms with Gasteiger partial charge in [-0.3, -0.25) is 0 Å². The summed E-state index contributed by atoms with van der Waals surface area (Å²) in [5, 5.41) is 0. The minimum absolute atomic E-state index is 0.0157. The molecule has 0 amide bonds. The summed E-state index contributed by atoms with van der Waals surface area (Å²) in [6.07, 6.45) is 0.896. The largest absolute Gasteiger partial charge is 0.457 e. The lowest BCUT2D eigenvalue weighted by molar-refractivity contribution is 0.465. The van der Waals surface area contributed by atoms with Crippen LogP contribution in [0, 0.1) is 13.8 Å². The topological polar surface area (TPSA) is 35.2 Å². The third kappa shape index (κ3) is 3.15. The van der Waals surface area contributed by atoms with Crippen molar-refractivity contribution in [3.8, 4) is 11.5 Å². The second-order valence-corrected chi connectivity index (χ2v) is 4.92. The molecule has 2 rings (SSSR count). The molecule has 0 aromatic heterocycles. The molecule has 2 N–H and O–H groups in total. The standard InChI is InChI=1S/C17H21NO/c1-4-15(18)14-7-5-6-8-17(14)19-16-10-9-12(2)11-13(16)3/h5-11,15H,4,18H2,1-3H3/t15-/m1/s1. The van der Waals surface area contributed by atoms with E-state index in [1.807, 2.05) is 30.3 Å². The van der Waals surface area contributed by atoms with Crippen molar-refractivity contribution in [1.29, 1.82) is 0 Å². The number of ether oxygens (including phenoxy) is 1. The summed E-state index contributed by atoms with van der Waals surface area (Å²) in [6.45, 7) is 6.22. The Labute approximate surface area is 115 Å². The maximum absolute atomic E-state index is 6.13. The molecule has 0 aliphatic heterocycles. The first-order valence-electron chi connectivity index (χ1n) is 6.71. The van der Waals surface area contributed by atoms with Crippen molar-refractivity contribution in [2.24, 2.45) is 5.73 Å². The number of para-hydroxylation sites is 1. The molecular formula is C17H21NO. The zero-order valence-corrected chi connectivity index (χ0v) is 11.8. The summed E-state index contributed by atoms with van der Waals surface area (Å²) < 4.78 is 6.04. The molecule has 0 heterocycles. The van der Waals surface area contributed by atoms with Crippen LogP contribution in [0.2, 0.25) is 0 Å². The Hall–Kier alpha value is -1.80. The normalized spacial score (nSPS) is 12.2. The van der Waals surface area contributed by atoms with Crippen LogP contribution in [0.5, 0.6) is 11.5 Å². The van der Waals surface area contributed by atoms with E-state index in [1.54, 1.807) is 0 Å². The molecule has 0 fully saturated rings. The molecule has 1 atom stereocenters. The number of benzene rings is 2. The van der Waals surface area contributed by atoms with Crippen molar-refractivity contribution in [2.45, 2.75) is 33.2 Å². The molecule has 2 heteroatoms. The Morgan fingerprint density at radius 3 is 2.47 bits per heavy atom. The third-order valence-electron chi connectivity index (χ3n) is 3.31. The quantitative estimate of drug-likeness (QED) is 0.872. The highest BCUT2D eigenvalue weighted by Gasteiger charge is 2.11. The molecule has 0 spiro atoms. The van der Waals surface area contributed by atoms with Crippen molar-refractivity contribution in [1.82, 2.24) is 0 Å². The second-order valence-electron chi connectivity index (χ2n) is 4.92. The summed E-state index contributed by atoms with van der Waals surface area (Å²) in [7, 11) is 0. The fraction of sp³-hybridized carbons (Fsp3) is 0.294. The van der Waals surface area contributed by atoms with Crippen LogP contribution in [0.3, 0.4) is 0 Å². The van der Waals surface area contributed by atoms with E-state index in [-0.39, 0.29) is 6.04 Å². The minimum atomic E-state index is 0.0157. The van der Waals surface area contributed by atoms with Gasteiger partial charge in [0.25, 0.3) is 0 Å². The third-order valence-corrected chi connectivity index (χ3v) is 3.31. The minimum Gasteiger partial charge on any atom is -0.457 e. The van der Waals surface area contributed by atoms with Gasteiger partial charge in [0.1, 0.15) is 11.5 Å². The van der Waals surface area contributed by atoms with Crippen LogP contribution in [0.4, 0.5) is 0 Å². The van der Waals surface area contributed by atoms with E-state index >= 15 is 0 Å². The van der Waals surface area contributed by atoms with Gasteiger partial charge in [0.2, 0.25) is 0 Å². The van der Waals surface area contributed by atoms with Gasteiger partial charge < -0.3 is 10.5 Å². The van der Waals surface area contributed by atoms with Crippen molar-refractivity contribution in [3.05, 3.63) is 59.2 Å². The lowest BCUT2D eigenvalue weighted by Gasteiger charge is -2.16. The summed E-state index contributed by atoms with van der Waals surface area (Å²) in [4.78, 5) is 0. The van der Waals surface area contributed by atoms with Crippen LogP contribution >= 0.6 is 0 Å². The molecular weight excluding hydrogens is 234 g/mol. The molecule has 0 bridgehead atoms. The van der Waals surface area contributed by atoms with E-state index in [1.165, 1.54) is 5.56 Å². The molecule has 0 radical (unpaired) electrons. The Bertz CT molecular complexity index is 563. The SMILES string of the molecule is CC[C@@H](N)c1ccccc1Oc1ccc(C)cc1C. The smallest absolute Gasteiger partial charge is 0.132 e. The first-order valence-corrected chi connectivity index (χ1v) is 6.71. The van der Waals surface area contributed by atoms with E-state index in [9.17, 15) is 0 Å². The lowest BCUT2D eigenvalue weighted by atomic mass is 10.0. The van der Waals surface area contributed by atoms with E-state index in [0.29, 0.717) is 0 Å². The summed E-state index contributed by atoms with van der Waals surface area (Å²) in [5.74, 6) is 1.74. The number of hydrogen-bond acceptors (Lipinski definition) is 2. The highest BCUT2D eigenvalue weighted by atomic mass is 16.5. The average molecular weight is 255 g/mol. The molecule has 19 heavy (non-hydrogen) atoms. The molecule has 0 unspecified atom stereocenters. The Balaban J connectivity index is 2.33. The molecule has 2 aromatic carbocycles. The molecule has 2 aromatic rings. The van der Waals surface area contributed by atoms with Crippen LogP contribution in [-0.2, 0) is 0 Å². The molecule has 0 aliphatic rings. The van der Waals surface area contributed by atoms with Crippen LogP contribution in [0.1, 0.15) is 36.1 Å². The van der Waals surface area contributed by atoms with Gasteiger partial charge in [-0.25, -0.2) is 0 Å². The van der Waals surface area contributed by atoms with Crippen LogP contribution in [0.15, 0.2) is 42.5 Å². The van der Waals surface area contributed by atoms with Crippen molar-refractivity contribution < 1.29 is 4.74 Å². The highest BCUT2D eigenvalue weighted by Crippen LogP contribution is 2.31. The number of aryl methyl sites for hydroxylation is 2. The van der Waals surface area contributed by atoms with Crippen LogP contribution in [0.25, 0.3) is 0 Å². The van der Waals surface area contributed by atoms with Gasteiger partial charge in [-0.05, 0) is 38.0 Å². The highest BCUT2D eigenvalue weighted by molar-refractivity contribution is 5.43. The Morgan fingerprint density at radius 1 is 1.05 bits per heavy atom. The summed E-state index contributed by atoms with van der Waals surface area (Å²) in [6, 6.07) is 14.2. The van der Waals surface area contributed by atoms with E-state index in [0.717, 1.165) is 29.0 Å². The van der Waals surface area contributed by atoms with Gasteiger partial charge in [-0.15, -0.1) is 0 Å².